The molecule has 1 amide bonds. The number of hydrogen-bond acceptors (Lipinski definition) is 5. The van der Waals surface area contributed by atoms with Gasteiger partial charge in [0.1, 0.15) is 15.6 Å². The quantitative estimate of drug-likeness (QED) is 0.321. The predicted octanol–water partition coefficient (Wildman–Crippen LogP) is 7.15. The lowest BCUT2D eigenvalue weighted by atomic mass is 9.88. The van der Waals surface area contributed by atoms with E-state index in [9.17, 15) is 4.79 Å². The number of nitrogens with one attached hydrogen (secondary N) is 1. The maximum Gasteiger partial charge on any atom is 0.292 e. The number of anilines is 1. The third-order valence-electron chi connectivity index (χ3n) is 5.90. The van der Waals surface area contributed by atoms with Crippen molar-refractivity contribution in [3.8, 4) is 10.6 Å². The summed E-state index contributed by atoms with van der Waals surface area (Å²) in [5.41, 5.74) is 4.17. The molecular weight excluding hydrogens is 424 g/mol. The lowest BCUT2D eigenvalue weighted by Gasteiger charge is -2.18. The molecule has 0 saturated heterocycles. The summed E-state index contributed by atoms with van der Waals surface area (Å²) >= 11 is 3.38. The van der Waals surface area contributed by atoms with E-state index in [1.54, 1.807) is 28.7 Å². The number of hydrogen-bond donors (Lipinski definition) is 1. The van der Waals surface area contributed by atoms with Crippen molar-refractivity contribution in [3.05, 3.63) is 70.8 Å². The minimum Gasteiger partial charge on any atom is -0.451 e. The minimum atomic E-state index is -0.217. The SMILES string of the molecule is C[C@H]1CCc2c(sc(NC(=O)c3cc4ccccc4o3)c2-c2nc3ccccc3s2)C1. The van der Waals surface area contributed by atoms with Crippen molar-refractivity contribution < 1.29 is 9.21 Å². The monoisotopic (exact) mass is 444 g/mol. The van der Waals surface area contributed by atoms with Gasteiger partial charge in [-0.25, -0.2) is 4.98 Å². The van der Waals surface area contributed by atoms with Gasteiger partial charge in [-0.05, 0) is 55.0 Å². The summed E-state index contributed by atoms with van der Waals surface area (Å²) < 4.78 is 6.96. The fourth-order valence-electron chi connectivity index (χ4n) is 4.30. The summed E-state index contributed by atoms with van der Waals surface area (Å²) in [6.07, 6.45) is 3.25. The molecule has 1 aliphatic carbocycles. The smallest absolute Gasteiger partial charge is 0.292 e. The highest BCUT2D eigenvalue weighted by molar-refractivity contribution is 7.23. The Kier molecular flexibility index (Phi) is 4.44. The van der Waals surface area contributed by atoms with E-state index in [1.165, 1.54) is 16.9 Å². The molecule has 0 unspecified atom stereocenters. The molecule has 5 aromatic rings. The van der Waals surface area contributed by atoms with Crippen LogP contribution in [0.2, 0.25) is 0 Å². The zero-order valence-corrected chi connectivity index (χ0v) is 18.6. The molecular formula is C25H20N2O2S2. The van der Waals surface area contributed by atoms with Crippen molar-refractivity contribution in [2.75, 3.05) is 5.32 Å². The van der Waals surface area contributed by atoms with E-state index in [1.807, 2.05) is 42.5 Å². The molecule has 0 bridgehead atoms. The number of carbonyl (C=O) groups is 1. The van der Waals surface area contributed by atoms with Crippen LogP contribution in [0, 0.1) is 5.92 Å². The Bertz CT molecular complexity index is 1380. The zero-order valence-electron chi connectivity index (χ0n) is 17.0. The van der Waals surface area contributed by atoms with Crippen LogP contribution in [0.25, 0.3) is 31.8 Å². The van der Waals surface area contributed by atoms with E-state index in [-0.39, 0.29) is 5.91 Å². The third kappa shape index (κ3) is 3.27. The summed E-state index contributed by atoms with van der Waals surface area (Å²) in [5.74, 6) is 0.773. The van der Waals surface area contributed by atoms with E-state index in [0.717, 1.165) is 49.6 Å². The number of furan rings is 1. The molecule has 6 heteroatoms. The van der Waals surface area contributed by atoms with Crippen LogP contribution in [-0.4, -0.2) is 10.9 Å². The molecule has 1 N–H and O–H groups in total. The van der Waals surface area contributed by atoms with Crippen molar-refractivity contribution >= 4 is 54.8 Å². The van der Waals surface area contributed by atoms with Crippen molar-refractivity contribution in [1.29, 1.82) is 0 Å². The number of thiophene rings is 1. The molecule has 0 aliphatic heterocycles. The number of nitrogens with zero attached hydrogens (tertiary/aromatic N) is 1. The van der Waals surface area contributed by atoms with Gasteiger partial charge in [-0.2, -0.15) is 0 Å². The number of carbonyl (C=O) groups excluding carboxylic acids is 1. The van der Waals surface area contributed by atoms with Crippen LogP contribution in [0.5, 0.6) is 0 Å². The zero-order chi connectivity index (χ0) is 20.9. The number of benzene rings is 2. The average molecular weight is 445 g/mol. The van der Waals surface area contributed by atoms with Gasteiger partial charge >= 0.3 is 0 Å². The Balaban J connectivity index is 1.44. The molecule has 3 heterocycles. The van der Waals surface area contributed by atoms with Gasteiger partial charge in [0.05, 0.1) is 10.2 Å². The highest BCUT2D eigenvalue weighted by atomic mass is 32.1. The molecule has 1 aliphatic rings. The van der Waals surface area contributed by atoms with Gasteiger partial charge in [-0.3, -0.25) is 4.79 Å². The first-order valence-electron chi connectivity index (χ1n) is 10.5. The van der Waals surface area contributed by atoms with Crippen LogP contribution < -0.4 is 5.32 Å². The van der Waals surface area contributed by atoms with Gasteiger partial charge < -0.3 is 9.73 Å². The Morgan fingerprint density at radius 1 is 1.13 bits per heavy atom. The maximum absolute atomic E-state index is 13.1. The molecule has 3 aromatic heterocycles. The molecule has 6 rings (SSSR count). The number of rotatable bonds is 3. The first-order chi connectivity index (χ1) is 15.2. The Morgan fingerprint density at radius 2 is 1.97 bits per heavy atom. The first kappa shape index (κ1) is 18.8. The van der Waals surface area contributed by atoms with Crippen LogP contribution in [0.1, 0.15) is 34.3 Å². The van der Waals surface area contributed by atoms with Crippen molar-refractivity contribution in [2.45, 2.75) is 26.2 Å². The maximum atomic E-state index is 13.1. The molecule has 1 atom stereocenters. The highest BCUT2D eigenvalue weighted by Crippen LogP contribution is 2.47. The molecule has 0 radical (unpaired) electrons. The average Bonchev–Trinajstić information content (AvgIpc) is 3.47. The minimum absolute atomic E-state index is 0.217. The molecule has 0 saturated carbocycles. The fourth-order valence-corrected chi connectivity index (χ4v) is 6.82. The van der Waals surface area contributed by atoms with Gasteiger partial charge in [0.25, 0.3) is 5.91 Å². The van der Waals surface area contributed by atoms with E-state index in [4.69, 9.17) is 9.40 Å². The van der Waals surface area contributed by atoms with Crippen molar-refractivity contribution in [1.82, 2.24) is 4.98 Å². The van der Waals surface area contributed by atoms with Gasteiger partial charge in [0, 0.05) is 15.8 Å². The normalized spacial score (nSPS) is 16.0. The number of amides is 1. The van der Waals surface area contributed by atoms with Crippen LogP contribution in [0.4, 0.5) is 5.00 Å². The molecule has 0 fully saturated rings. The van der Waals surface area contributed by atoms with E-state index < -0.39 is 0 Å². The van der Waals surface area contributed by atoms with Crippen molar-refractivity contribution in [2.24, 2.45) is 5.92 Å². The van der Waals surface area contributed by atoms with Crippen LogP contribution >= 0.6 is 22.7 Å². The summed E-state index contributed by atoms with van der Waals surface area (Å²) in [6, 6.07) is 17.7. The van der Waals surface area contributed by atoms with Crippen LogP contribution in [0.15, 0.2) is 59.0 Å². The topological polar surface area (TPSA) is 55.1 Å². The second kappa shape index (κ2) is 7.32. The van der Waals surface area contributed by atoms with Gasteiger partial charge in [0.2, 0.25) is 0 Å². The molecule has 4 nitrogen and oxygen atoms in total. The van der Waals surface area contributed by atoms with Gasteiger partial charge in [-0.15, -0.1) is 22.7 Å². The van der Waals surface area contributed by atoms with E-state index in [0.29, 0.717) is 11.7 Å². The second-order valence-electron chi connectivity index (χ2n) is 8.15. The Labute approximate surface area is 187 Å². The second-order valence-corrected chi connectivity index (χ2v) is 10.3. The fraction of sp³-hybridized carbons (Fsp3) is 0.200. The summed E-state index contributed by atoms with van der Waals surface area (Å²) in [7, 11) is 0. The predicted molar refractivity (Wildman–Crippen MR) is 128 cm³/mol. The summed E-state index contributed by atoms with van der Waals surface area (Å²) in [6.45, 7) is 2.30. The van der Waals surface area contributed by atoms with Crippen LogP contribution in [-0.2, 0) is 12.8 Å². The standard InChI is InChI=1S/C25H20N2O2S2/c1-14-10-11-16-21(12-14)31-25(22(16)24-26-17-7-3-5-9-20(17)30-24)27-23(28)19-13-15-6-2-4-8-18(15)29-19/h2-9,13-14H,10-12H2,1H3,(H,27,28)/t14-/m0/s1. The third-order valence-corrected chi connectivity index (χ3v) is 8.12. The van der Waals surface area contributed by atoms with Crippen molar-refractivity contribution in [3.63, 3.8) is 0 Å². The summed E-state index contributed by atoms with van der Waals surface area (Å²) in [4.78, 5) is 19.4. The Morgan fingerprint density at radius 3 is 2.84 bits per heavy atom. The molecule has 31 heavy (non-hydrogen) atoms. The van der Waals surface area contributed by atoms with Crippen LogP contribution in [0.3, 0.4) is 0 Å². The Hall–Kier alpha value is -2.96. The molecule has 154 valence electrons. The molecule has 2 aromatic carbocycles. The van der Waals surface area contributed by atoms with E-state index >= 15 is 0 Å². The number of para-hydroxylation sites is 2. The van der Waals surface area contributed by atoms with Gasteiger partial charge in [0.15, 0.2) is 5.76 Å². The summed E-state index contributed by atoms with van der Waals surface area (Å²) in [5, 5.41) is 5.94. The number of thiazole rings is 1. The lowest BCUT2D eigenvalue weighted by Crippen LogP contribution is -2.11. The lowest BCUT2D eigenvalue weighted by molar-refractivity contribution is 0.0999. The highest BCUT2D eigenvalue weighted by Gasteiger charge is 2.28. The first-order valence-corrected chi connectivity index (χ1v) is 12.1. The number of aromatic nitrogens is 1. The molecule has 0 spiro atoms. The largest absolute Gasteiger partial charge is 0.451 e. The number of fused-ring (bicyclic) bond motifs is 3. The van der Waals surface area contributed by atoms with Gasteiger partial charge in [-0.1, -0.05) is 37.3 Å². The van der Waals surface area contributed by atoms with E-state index in [2.05, 4.69) is 18.3 Å².